The second kappa shape index (κ2) is 10.1. The molecule has 6 heteroatoms. The van der Waals surface area contributed by atoms with Crippen molar-refractivity contribution in [3.63, 3.8) is 0 Å². The third-order valence-electron chi connectivity index (χ3n) is 4.37. The molecule has 0 aliphatic carbocycles. The van der Waals surface area contributed by atoms with Gasteiger partial charge < -0.3 is 24.4 Å². The third-order valence-corrected chi connectivity index (χ3v) is 4.37. The van der Waals surface area contributed by atoms with Gasteiger partial charge in [0.25, 0.3) is 0 Å². The van der Waals surface area contributed by atoms with Crippen molar-refractivity contribution in [1.29, 1.82) is 5.41 Å². The number of benzene rings is 3. The summed E-state index contributed by atoms with van der Waals surface area (Å²) in [6.07, 6.45) is 0.637. The highest BCUT2D eigenvalue weighted by Gasteiger charge is 2.06. The van der Waals surface area contributed by atoms with Gasteiger partial charge in [0.15, 0.2) is 0 Å². The molecule has 0 saturated heterocycles. The Morgan fingerprint density at radius 1 is 0.833 bits per heavy atom. The van der Waals surface area contributed by atoms with E-state index >= 15 is 0 Å². The van der Waals surface area contributed by atoms with Gasteiger partial charge in [-0.2, -0.15) is 0 Å². The Balaban J connectivity index is 1.54. The van der Waals surface area contributed by atoms with Gasteiger partial charge in [-0.05, 0) is 72.1 Å². The Bertz CT molecular complexity index is 997. The van der Waals surface area contributed by atoms with Crippen LogP contribution < -0.4 is 18.9 Å². The Morgan fingerprint density at radius 2 is 1.43 bits per heavy atom. The minimum atomic E-state index is -0.698. The van der Waals surface area contributed by atoms with Crippen LogP contribution in [0.1, 0.15) is 5.56 Å². The highest BCUT2D eigenvalue weighted by molar-refractivity contribution is 6.22. The standard InChI is InChI=1S/C24H23NO5/c1-17-15-19(18-3-6-22(7-4-18)30-24(26)16-25)5-12-23(17)29-14-13-28-21-10-8-20(27-2)9-11-21/h3-12,15-16,25H,13-14H2,1-2H3. The number of hydrogen-bond acceptors (Lipinski definition) is 6. The molecule has 0 amide bonds. The molecule has 3 aromatic carbocycles. The van der Waals surface area contributed by atoms with Crippen molar-refractivity contribution in [2.75, 3.05) is 20.3 Å². The van der Waals surface area contributed by atoms with Gasteiger partial charge in [0.05, 0.1) is 7.11 Å². The van der Waals surface area contributed by atoms with E-state index < -0.39 is 5.97 Å². The maximum absolute atomic E-state index is 11.1. The zero-order chi connectivity index (χ0) is 21.3. The highest BCUT2D eigenvalue weighted by atomic mass is 16.5. The molecule has 30 heavy (non-hydrogen) atoms. The molecule has 6 nitrogen and oxygen atoms in total. The summed E-state index contributed by atoms with van der Waals surface area (Å²) in [7, 11) is 1.63. The van der Waals surface area contributed by atoms with Gasteiger partial charge in [-0.25, -0.2) is 4.79 Å². The molecule has 0 aliphatic heterocycles. The van der Waals surface area contributed by atoms with E-state index in [0.717, 1.165) is 33.9 Å². The molecule has 154 valence electrons. The first-order valence-corrected chi connectivity index (χ1v) is 9.42. The number of methoxy groups -OCH3 is 1. The lowest BCUT2D eigenvalue weighted by Crippen LogP contribution is -2.09. The maximum atomic E-state index is 11.1. The Morgan fingerprint density at radius 3 is 2.07 bits per heavy atom. The van der Waals surface area contributed by atoms with Crippen LogP contribution in [0.3, 0.4) is 0 Å². The minimum absolute atomic E-state index is 0.404. The summed E-state index contributed by atoms with van der Waals surface area (Å²) in [4.78, 5) is 11.1. The number of hydrogen-bond donors (Lipinski definition) is 1. The summed E-state index contributed by atoms with van der Waals surface area (Å²) in [6, 6.07) is 20.5. The zero-order valence-corrected chi connectivity index (χ0v) is 16.9. The van der Waals surface area contributed by atoms with Crippen LogP contribution in [0.4, 0.5) is 0 Å². The molecule has 0 aromatic heterocycles. The van der Waals surface area contributed by atoms with E-state index in [1.54, 1.807) is 19.2 Å². The van der Waals surface area contributed by atoms with Crippen LogP contribution >= 0.6 is 0 Å². The predicted octanol–water partition coefficient (Wildman–Crippen LogP) is 4.68. The number of carbonyl (C=O) groups is 1. The van der Waals surface area contributed by atoms with Crippen LogP contribution in [-0.4, -0.2) is 32.5 Å². The normalized spacial score (nSPS) is 10.2. The molecule has 3 rings (SSSR count). The summed E-state index contributed by atoms with van der Waals surface area (Å²) in [5.74, 6) is 2.06. The first-order valence-electron chi connectivity index (χ1n) is 9.42. The van der Waals surface area contributed by atoms with Gasteiger partial charge in [0.2, 0.25) is 0 Å². The monoisotopic (exact) mass is 405 g/mol. The third kappa shape index (κ3) is 5.61. The molecular formula is C24H23NO5. The molecule has 0 saturated carbocycles. The van der Waals surface area contributed by atoms with E-state index in [4.69, 9.17) is 24.4 Å². The maximum Gasteiger partial charge on any atom is 0.354 e. The molecule has 0 unspecified atom stereocenters. The van der Waals surface area contributed by atoms with E-state index in [-0.39, 0.29) is 0 Å². The molecule has 0 fully saturated rings. The van der Waals surface area contributed by atoms with Gasteiger partial charge in [0.1, 0.15) is 42.4 Å². The first kappa shape index (κ1) is 20.9. The zero-order valence-electron chi connectivity index (χ0n) is 16.9. The fourth-order valence-electron chi connectivity index (χ4n) is 2.84. The largest absolute Gasteiger partial charge is 0.497 e. The highest BCUT2D eigenvalue weighted by Crippen LogP contribution is 2.27. The lowest BCUT2D eigenvalue weighted by molar-refractivity contribution is -0.126. The number of nitrogens with one attached hydrogen (secondary N) is 1. The van der Waals surface area contributed by atoms with Gasteiger partial charge in [-0.15, -0.1) is 0 Å². The van der Waals surface area contributed by atoms with Crippen LogP contribution in [0.15, 0.2) is 66.7 Å². The predicted molar refractivity (Wildman–Crippen MR) is 115 cm³/mol. The summed E-state index contributed by atoms with van der Waals surface area (Å²) in [5.41, 5.74) is 3.03. The lowest BCUT2D eigenvalue weighted by atomic mass is 10.0. The Kier molecular flexibility index (Phi) is 7.05. The number of rotatable bonds is 9. The van der Waals surface area contributed by atoms with Gasteiger partial charge in [-0.1, -0.05) is 18.2 Å². The average Bonchev–Trinajstić information content (AvgIpc) is 2.78. The SMILES string of the molecule is COc1ccc(OCCOc2ccc(-c3ccc(OC(=O)C=N)cc3)cc2C)cc1. The van der Waals surface area contributed by atoms with Gasteiger partial charge in [-0.3, -0.25) is 0 Å². The van der Waals surface area contributed by atoms with Crippen LogP contribution in [-0.2, 0) is 4.79 Å². The molecule has 0 spiro atoms. The molecular weight excluding hydrogens is 382 g/mol. The van der Waals surface area contributed by atoms with Crippen molar-refractivity contribution < 1.29 is 23.7 Å². The van der Waals surface area contributed by atoms with Gasteiger partial charge in [0, 0.05) is 0 Å². The van der Waals surface area contributed by atoms with Crippen LogP contribution in [0, 0.1) is 12.3 Å². The van der Waals surface area contributed by atoms with Gasteiger partial charge >= 0.3 is 5.97 Å². The van der Waals surface area contributed by atoms with Crippen LogP contribution in [0.25, 0.3) is 11.1 Å². The molecule has 0 heterocycles. The van der Waals surface area contributed by atoms with E-state index in [9.17, 15) is 4.79 Å². The van der Waals surface area contributed by atoms with E-state index in [1.807, 2.05) is 61.5 Å². The van der Waals surface area contributed by atoms with Crippen molar-refractivity contribution in [2.45, 2.75) is 6.92 Å². The molecule has 0 bridgehead atoms. The van der Waals surface area contributed by atoms with E-state index in [1.165, 1.54) is 0 Å². The van der Waals surface area contributed by atoms with Crippen molar-refractivity contribution in [2.24, 2.45) is 0 Å². The quantitative estimate of drug-likeness (QED) is 0.242. The van der Waals surface area contributed by atoms with Crippen molar-refractivity contribution >= 4 is 12.2 Å². The Labute approximate surface area is 175 Å². The van der Waals surface area contributed by atoms with Crippen molar-refractivity contribution in [3.05, 3.63) is 72.3 Å². The average molecular weight is 405 g/mol. The fourth-order valence-corrected chi connectivity index (χ4v) is 2.84. The number of ether oxygens (including phenoxy) is 4. The molecule has 3 aromatic rings. The minimum Gasteiger partial charge on any atom is -0.497 e. The van der Waals surface area contributed by atoms with Crippen LogP contribution in [0.5, 0.6) is 23.0 Å². The molecule has 0 atom stereocenters. The van der Waals surface area contributed by atoms with Crippen molar-refractivity contribution in [3.8, 4) is 34.1 Å². The van der Waals surface area contributed by atoms with Crippen LogP contribution in [0.2, 0.25) is 0 Å². The van der Waals surface area contributed by atoms with E-state index in [2.05, 4.69) is 0 Å². The number of esters is 1. The molecule has 0 aliphatic rings. The number of carbonyl (C=O) groups excluding carboxylic acids is 1. The summed E-state index contributed by atoms with van der Waals surface area (Å²) < 4.78 is 21.6. The lowest BCUT2D eigenvalue weighted by Gasteiger charge is -2.12. The second-order valence-corrected chi connectivity index (χ2v) is 6.44. The van der Waals surface area contributed by atoms with E-state index in [0.29, 0.717) is 25.2 Å². The molecule has 1 N–H and O–H groups in total. The smallest absolute Gasteiger partial charge is 0.354 e. The first-order chi connectivity index (χ1) is 14.6. The Hall–Kier alpha value is -3.80. The summed E-state index contributed by atoms with van der Waals surface area (Å²) in [6.45, 7) is 2.85. The fraction of sp³-hybridized carbons (Fsp3) is 0.167. The number of aryl methyl sites for hydroxylation is 1. The summed E-state index contributed by atoms with van der Waals surface area (Å²) >= 11 is 0. The van der Waals surface area contributed by atoms with Crippen molar-refractivity contribution in [1.82, 2.24) is 0 Å². The second-order valence-electron chi connectivity index (χ2n) is 6.44. The topological polar surface area (TPSA) is 77.8 Å². The summed E-state index contributed by atoms with van der Waals surface area (Å²) in [5, 5.41) is 6.87. The molecule has 0 radical (unpaired) electrons.